The summed E-state index contributed by atoms with van der Waals surface area (Å²) < 4.78 is 0. The Labute approximate surface area is 56.5 Å². The molecule has 0 spiro atoms. The van der Waals surface area contributed by atoms with Crippen LogP contribution in [-0.2, 0) is 0 Å². The van der Waals surface area contributed by atoms with Crippen molar-refractivity contribution in [2.45, 2.75) is 26.8 Å². The second-order valence-electron chi connectivity index (χ2n) is 2.67. The average Bonchev–Trinajstić information content (AvgIpc) is 1.59. The lowest BCUT2D eigenvalue weighted by molar-refractivity contribution is 0.711. The first kappa shape index (κ1) is 6.40. The van der Waals surface area contributed by atoms with Crippen molar-refractivity contribution in [3.63, 3.8) is 0 Å². The van der Waals surface area contributed by atoms with Gasteiger partial charge in [-0.1, -0.05) is 11.6 Å². The summed E-state index contributed by atoms with van der Waals surface area (Å²) >= 11 is 0. The molecule has 1 nitrogen and oxygen atoms in total. The van der Waals surface area contributed by atoms with Crippen LogP contribution >= 0.6 is 0 Å². The number of dihydropyridines is 1. The molecule has 1 heterocycles. The van der Waals surface area contributed by atoms with E-state index < -0.39 is 0 Å². The number of rotatable bonds is 0. The molecule has 1 heteroatoms. The molecule has 1 atom stereocenters. The fourth-order valence-corrected chi connectivity index (χ4v) is 1.23. The molecule has 1 aliphatic heterocycles. The van der Waals surface area contributed by atoms with Crippen molar-refractivity contribution in [3.05, 3.63) is 23.4 Å². The molecule has 0 bridgehead atoms. The van der Waals surface area contributed by atoms with Gasteiger partial charge in [0, 0.05) is 11.7 Å². The minimum atomic E-state index is 0.509. The minimum absolute atomic E-state index is 0.509. The van der Waals surface area contributed by atoms with Crippen LogP contribution in [0.15, 0.2) is 23.4 Å². The molecular weight excluding hydrogens is 110 g/mol. The summed E-state index contributed by atoms with van der Waals surface area (Å²) in [7, 11) is 0. The molecule has 1 rings (SSSR count). The third-order valence-electron chi connectivity index (χ3n) is 1.41. The van der Waals surface area contributed by atoms with E-state index in [1.807, 2.05) is 0 Å². The SMILES string of the molecule is CC1=CC(C)NC(C)=C1. The molecule has 0 aromatic carbocycles. The molecule has 1 N–H and O–H groups in total. The molecule has 1 aliphatic rings. The van der Waals surface area contributed by atoms with Crippen LogP contribution in [0.25, 0.3) is 0 Å². The summed E-state index contributed by atoms with van der Waals surface area (Å²) in [6, 6.07) is 0.509. The lowest BCUT2D eigenvalue weighted by Gasteiger charge is -2.16. The van der Waals surface area contributed by atoms with E-state index in [1.165, 1.54) is 11.3 Å². The van der Waals surface area contributed by atoms with Crippen LogP contribution in [0.2, 0.25) is 0 Å². The highest BCUT2D eigenvalue weighted by Gasteiger charge is 2.01. The smallest absolute Gasteiger partial charge is 0.0418 e. The maximum Gasteiger partial charge on any atom is 0.0418 e. The van der Waals surface area contributed by atoms with Gasteiger partial charge in [-0.3, -0.25) is 0 Å². The van der Waals surface area contributed by atoms with Crippen LogP contribution in [0.4, 0.5) is 0 Å². The highest BCUT2D eigenvalue weighted by atomic mass is 14.9. The van der Waals surface area contributed by atoms with Crippen molar-refractivity contribution in [3.8, 4) is 0 Å². The quantitative estimate of drug-likeness (QED) is 0.518. The van der Waals surface area contributed by atoms with E-state index in [4.69, 9.17) is 0 Å². The first-order valence-corrected chi connectivity index (χ1v) is 3.32. The zero-order valence-electron chi connectivity index (χ0n) is 6.23. The van der Waals surface area contributed by atoms with E-state index in [1.54, 1.807) is 0 Å². The van der Waals surface area contributed by atoms with E-state index >= 15 is 0 Å². The van der Waals surface area contributed by atoms with Crippen molar-refractivity contribution in [2.24, 2.45) is 0 Å². The third-order valence-corrected chi connectivity index (χ3v) is 1.41. The molecule has 0 aliphatic carbocycles. The van der Waals surface area contributed by atoms with Crippen molar-refractivity contribution in [2.75, 3.05) is 0 Å². The maximum atomic E-state index is 3.29. The van der Waals surface area contributed by atoms with Gasteiger partial charge in [0.15, 0.2) is 0 Å². The van der Waals surface area contributed by atoms with Crippen LogP contribution in [-0.4, -0.2) is 6.04 Å². The van der Waals surface area contributed by atoms with Gasteiger partial charge in [0.2, 0.25) is 0 Å². The fraction of sp³-hybridized carbons (Fsp3) is 0.500. The van der Waals surface area contributed by atoms with Gasteiger partial charge in [0.05, 0.1) is 0 Å². The second kappa shape index (κ2) is 2.26. The van der Waals surface area contributed by atoms with Crippen molar-refractivity contribution >= 4 is 0 Å². The van der Waals surface area contributed by atoms with E-state index in [2.05, 4.69) is 38.2 Å². The lowest BCUT2D eigenvalue weighted by atomic mass is 10.1. The summed E-state index contributed by atoms with van der Waals surface area (Å²) in [5, 5.41) is 3.29. The molecule has 0 fully saturated rings. The zero-order valence-corrected chi connectivity index (χ0v) is 6.23. The minimum Gasteiger partial charge on any atom is -0.383 e. The Bertz CT molecular complexity index is 165. The van der Waals surface area contributed by atoms with Crippen LogP contribution in [0.1, 0.15) is 20.8 Å². The summed E-state index contributed by atoms with van der Waals surface area (Å²) in [5.74, 6) is 0. The normalized spacial score (nSPS) is 26.3. The Hall–Kier alpha value is -0.720. The van der Waals surface area contributed by atoms with Gasteiger partial charge in [0.25, 0.3) is 0 Å². The first-order chi connectivity index (χ1) is 4.18. The third kappa shape index (κ3) is 1.60. The largest absolute Gasteiger partial charge is 0.383 e. The topological polar surface area (TPSA) is 12.0 Å². The Morgan fingerprint density at radius 3 is 2.56 bits per heavy atom. The summed E-state index contributed by atoms with van der Waals surface area (Å²) in [4.78, 5) is 0. The number of allylic oxidation sites excluding steroid dienone is 3. The zero-order chi connectivity index (χ0) is 6.85. The molecule has 1 unspecified atom stereocenters. The molecule has 0 radical (unpaired) electrons. The highest BCUT2D eigenvalue weighted by Crippen LogP contribution is 2.07. The van der Waals surface area contributed by atoms with Crippen LogP contribution < -0.4 is 5.32 Å². The standard InChI is InChI=1S/C8H13N/c1-6-4-7(2)9-8(3)5-6/h4-5,7,9H,1-3H3. The van der Waals surface area contributed by atoms with Gasteiger partial charge >= 0.3 is 0 Å². The van der Waals surface area contributed by atoms with Gasteiger partial charge in [-0.15, -0.1) is 0 Å². The van der Waals surface area contributed by atoms with Crippen LogP contribution in [0.5, 0.6) is 0 Å². The van der Waals surface area contributed by atoms with Gasteiger partial charge < -0.3 is 5.32 Å². The number of hydrogen-bond donors (Lipinski definition) is 1. The van der Waals surface area contributed by atoms with Gasteiger partial charge in [-0.25, -0.2) is 0 Å². The predicted molar refractivity (Wildman–Crippen MR) is 40.1 cm³/mol. The van der Waals surface area contributed by atoms with Crippen molar-refractivity contribution in [1.82, 2.24) is 5.32 Å². The Morgan fingerprint density at radius 2 is 2.11 bits per heavy atom. The highest BCUT2D eigenvalue weighted by molar-refractivity contribution is 5.26. The molecule has 0 aromatic rings. The van der Waals surface area contributed by atoms with Gasteiger partial charge in [-0.05, 0) is 26.8 Å². The predicted octanol–water partition coefficient (Wildman–Crippen LogP) is 1.83. The van der Waals surface area contributed by atoms with Crippen molar-refractivity contribution < 1.29 is 0 Å². The Balaban J connectivity index is 2.74. The Kier molecular flexibility index (Phi) is 1.60. The molecule has 9 heavy (non-hydrogen) atoms. The van der Waals surface area contributed by atoms with Crippen molar-refractivity contribution in [1.29, 1.82) is 0 Å². The maximum absolute atomic E-state index is 3.29. The summed E-state index contributed by atoms with van der Waals surface area (Å²) in [6.45, 7) is 6.37. The number of nitrogens with one attached hydrogen (secondary N) is 1. The van der Waals surface area contributed by atoms with E-state index in [0.717, 1.165) is 0 Å². The fourth-order valence-electron chi connectivity index (χ4n) is 1.23. The Morgan fingerprint density at radius 1 is 1.44 bits per heavy atom. The van der Waals surface area contributed by atoms with Gasteiger partial charge in [-0.2, -0.15) is 0 Å². The van der Waals surface area contributed by atoms with Crippen LogP contribution in [0, 0.1) is 0 Å². The second-order valence-corrected chi connectivity index (χ2v) is 2.67. The molecule has 0 saturated carbocycles. The van der Waals surface area contributed by atoms with Gasteiger partial charge in [0.1, 0.15) is 0 Å². The molecule has 50 valence electrons. The monoisotopic (exact) mass is 123 g/mol. The van der Waals surface area contributed by atoms with E-state index in [0.29, 0.717) is 6.04 Å². The average molecular weight is 123 g/mol. The summed E-state index contributed by atoms with van der Waals surface area (Å²) in [6.07, 6.45) is 4.37. The lowest BCUT2D eigenvalue weighted by Crippen LogP contribution is -2.24. The number of hydrogen-bond acceptors (Lipinski definition) is 1. The van der Waals surface area contributed by atoms with E-state index in [9.17, 15) is 0 Å². The molecule has 0 saturated heterocycles. The molecular formula is C8H13N. The molecule has 0 amide bonds. The first-order valence-electron chi connectivity index (χ1n) is 3.32. The van der Waals surface area contributed by atoms with Crippen LogP contribution in [0.3, 0.4) is 0 Å². The summed E-state index contributed by atoms with van der Waals surface area (Å²) in [5.41, 5.74) is 2.63. The molecule has 0 aromatic heterocycles. The van der Waals surface area contributed by atoms with E-state index in [-0.39, 0.29) is 0 Å².